The molecule has 0 saturated carbocycles. The molecule has 1 aromatic heterocycles. The molecule has 6 N–H and O–H groups in total. The predicted octanol–water partition coefficient (Wildman–Crippen LogP) is -0.250. The molecular weight excluding hydrogens is 254 g/mol. The van der Waals surface area contributed by atoms with Crippen molar-refractivity contribution in [2.24, 2.45) is 0 Å². The van der Waals surface area contributed by atoms with E-state index < -0.39 is 23.2 Å². The van der Waals surface area contributed by atoms with Gasteiger partial charge in [0.25, 0.3) is 11.5 Å². The van der Waals surface area contributed by atoms with Crippen molar-refractivity contribution in [1.82, 2.24) is 15.5 Å². The second-order valence-corrected chi connectivity index (χ2v) is 3.83. The molecule has 0 saturated heterocycles. The number of rotatable bonds is 3. The van der Waals surface area contributed by atoms with E-state index in [4.69, 9.17) is 5.11 Å². The second-order valence-electron chi connectivity index (χ2n) is 3.83. The Morgan fingerprint density at radius 3 is 2.26 bits per heavy atom. The van der Waals surface area contributed by atoms with E-state index >= 15 is 0 Å². The van der Waals surface area contributed by atoms with Crippen LogP contribution < -0.4 is 10.9 Å². The number of nitrogens with one attached hydrogen (secondary N) is 3. The van der Waals surface area contributed by atoms with Gasteiger partial charge in [-0.25, -0.2) is 0 Å². The van der Waals surface area contributed by atoms with Gasteiger partial charge in [-0.2, -0.15) is 0 Å². The van der Waals surface area contributed by atoms with E-state index in [1.54, 1.807) is 0 Å². The number of phenolic OH excluding ortho intramolecular Hbond substituents is 3. The smallest absolute Gasteiger partial charge is 0.264 e. The van der Waals surface area contributed by atoms with Crippen molar-refractivity contribution in [1.29, 1.82) is 0 Å². The summed E-state index contributed by atoms with van der Waals surface area (Å²) in [6.07, 6.45) is 0. The van der Waals surface area contributed by atoms with E-state index in [1.165, 1.54) is 6.07 Å². The summed E-state index contributed by atoms with van der Waals surface area (Å²) < 4.78 is 0. The fourth-order valence-electron chi connectivity index (χ4n) is 1.48. The van der Waals surface area contributed by atoms with E-state index in [0.29, 0.717) is 5.69 Å². The number of amides is 1. The zero-order valence-corrected chi connectivity index (χ0v) is 9.60. The minimum Gasteiger partial charge on any atom is -0.504 e. The van der Waals surface area contributed by atoms with Crippen molar-refractivity contribution in [3.05, 3.63) is 39.8 Å². The fourth-order valence-corrected chi connectivity index (χ4v) is 1.48. The number of phenols is 3. The number of carbonyl (C=O) groups excluding carboxylic acids is 1. The van der Waals surface area contributed by atoms with E-state index in [9.17, 15) is 19.8 Å². The zero-order chi connectivity index (χ0) is 14.0. The first-order valence-electron chi connectivity index (χ1n) is 5.27. The van der Waals surface area contributed by atoms with Gasteiger partial charge in [0.2, 0.25) is 0 Å². The van der Waals surface area contributed by atoms with Crippen LogP contribution in [0.4, 0.5) is 0 Å². The molecule has 2 aromatic rings. The number of aromatic nitrogens is 2. The molecule has 100 valence electrons. The monoisotopic (exact) mass is 265 g/mol. The molecule has 2 rings (SSSR count). The maximum Gasteiger partial charge on any atom is 0.264 e. The largest absolute Gasteiger partial charge is 0.504 e. The summed E-state index contributed by atoms with van der Waals surface area (Å²) >= 11 is 0. The van der Waals surface area contributed by atoms with Gasteiger partial charge < -0.3 is 25.7 Å². The maximum atomic E-state index is 11.7. The maximum absolute atomic E-state index is 11.7. The Bertz CT molecular complexity index is 650. The number of hydrogen-bond acceptors (Lipinski definition) is 5. The van der Waals surface area contributed by atoms with Crippen LogP contribution in [0.5, 0.6) is 17.2 Å². The molecule has 0 radical (unpaired) electrons. The third kappa shape index (κ3) is 2.68. The van der Waals surface area contributed by atoms with E-state index in [-0.39, 0.29) is 17.7 Å². The lowest BCUT2D eigenvalue weighted by Crippen LogP contribution is -2.22. The van der Waals surface area contributed by atoms with Crippen LogP contribution >= 0.6 is 0 Å². The highest BCUT2D eigenvalue weighted by Crippen LogP contribution is 2.35. The van der Waals surface area contributed by atoms with E-state index in [2.05, 4.69) is 15.5 Å². The van der Waals surface area contributed by atoms with E-state index in [0.717, 1.165) is 12.1 Å². The predicted molar refractivity (Wildman–Crippen MR) is 64.0 cm³/mol. The molecule has 0 spiro atoms. The number of aromatic amines is 2. The number of hydrogen-bond donors (Lipinski definition) is 6. The SMILES string of the molecule is O=C(NCc1cc(=O)[nH][nH]1)c1cc(O)c(O)c(O)c1. The zero-order valence-electron chi connectivity index (χ0n) is 9.60. The summed E-state index contributed by atoms with van der Waals surface area (Å²) in [5.74, 6) is -2.46. The van der Waals surface area contributed by atoms with Crippen LogP contribution in [0.1, 0.15) is 16.1 Å². The molecule has 0 unspecified atom stereocenters. The average molecular weight is 265 g/mol. The van der Waals surface area contributed by atoms with Gasteiger partial charge in [0.15, 0.2) is 17.2 Å². The highest BCUT2D eigenvalue weighted by Gasteiger charge is 2.13. The summed E-state index contributed by atoms with van der Waals surface area (Å²) in [7, 11) is 0. The highest BCUT2D eigenvalue weighted by molar-refractivity contribution is 5.95. The first kappa shape index (κ1) is 12.6. The minimum atomic E-state index is -0.688. The molecule has 0 aliphatic heterocycles. The average Bonchev–Trinajstić information content (AvgIpc) is 2.78. The van der Waals surface area contributed by atoms with Crippen LogP contribution in [0.25, 0.3) is 0 Å². The lowest BCUT2D eigenvalue weighted by molar-refractivity contribution is 0.0949. The Morgan fingerprint density at radius 2 is 1.74 bits per heavy atom. The standard InChI is InChI=1S/C11H11N3O5/c15-7-1-5(2-8(16)10(7)18)11(19)12-4-6-3-9(17)14-13-6/h1-3,15-16,18H,4H2,(H,12,19)(H2,13,14,17). The van der Waals surface area contributed by atoms with Gasteiger partial charge in [0, 0.05) is 11.6 Å². The molecule has 1 aromatic carbocycles. The normalized spacial score (nSPS) is 10.3. The molecule has 0 atom stereocenters. The molecule has 19 heavy (non-hydrogen) atoms. The molecule has 0 aliphatic rings. The van der Waals surface area contributed by atoms with Gasteiger partial charge in [-0.1, -0.05) is 0 Å². The van der Waals surface area contributed by atoms with E-state index in [1.807, 2.05) is 0 Å². The number of benzene rings is 1. The lowest BCUT2D eigenvalue weighted by atomic mass is 10.1. The molecular formula is C11H11N3O5. The van der Waals surface area contributed by atoms with Crippen LogP contribution in [-0.4, -0.2) is 31.4 Å². The molecule has 0 bridgehead atoms. The molecule has 8 heteroatoms. The van der Waals surface area contributed by atoms with Crippen LogP contribution in [0.2, 0.25) is 0 Å². The van der Waals surface area contributed by atoms with Crippen LogP contribution in [-0.2, 0) is 6.54 Å². The Morgan fingerprint density at radius 1 is 1.11 bits per heavy atom. The second kappa shape index (κ2) is 4.77. The first-order chi connectivity index (χ1) is 8.97. The summed E-state index contributed by atoms with van der Waals surface area (Å²) in [5, 5.41) is 35.0. The van der Waals surface area contributed by atoms with Crippen LogP contribution in [0.3, 0.4) is 0 Å². The minimum absolute atomic E-state index is 0.0225. The van der Waals surface area contributed by atoms with Crippen molar-refractivity contribution in [3.63, 3.8) is 0 Å². The summed E-state index contributed by atoms with van der Waals surface area (Å²) in [6.45, 7) is 0.0694. The van der Waals surface area contributed by atoms with Gasteiger partial charge in [0.05, 0.1) is 12.2 Å². The topological polar surface area (TPSA) is 138 Å². The Kier molecular flexibility index (Phi) is 3.15. The summed E-state index contributed by atoms with van der Waals surface area (Å²) in [4.78, 5) is 22.6. The van der Waals surface area contributed by atoms with Crippen molar-refractivity contribution in [3.8, 4) is 17.2 Å². The van der Waals surface area contributed by atoms with Gasteiger partial charge in [-0.15, -0.1) is 0 Å². The fraction of sp³-hybridized carbons (Fsp3) is 0.0909. The van der Waals surface area contributed by atoms with Crippen molar-refractivity contribution >= 4 is 5.91 Å². The first-order valence-corrected chi connectivity index (χ1v) is 5.27. The molecule has 0 aliphatic carbocycles. The van der Waals surface area contributed by atoms with Gasteiger partial charge in [-0.3, -0.25) is 14.7 Å². The quantitative estimate of drug-likeness (QED) is 0.425. The molecule has 8 nitrogen and oxygen atoms in total. The van der Waals surface area contributed by atoms with Crippen LogP contribution in [0, 0.1) is 0 Å². The highest BCUT2D eigenvalue weighted by atomic mass is 16.3. The van der Waals surface area contributed by atoms with Crippen molar-refractivity contribution in [2.75, 3.05) is 0 Å². The number of aromatic hydroxyl groups is 3. The summed E-state index contributed by atoms with van der Waals surface area (Å²) in [6, 6.07) is 3.32. The third-order valence-corrected chi connectivity index (χ3v) is 2.42. The van der Waals surface area contributed by atoms with Crippen molar-refractivity contribution in [2.45, 2.75) is 6.54 Å². The Labute approximate surface area is 106 Å². The number of carbonyl (C=O) groups is 1. The number of H-pyrrole nitrogens is 2. The van der Waals surface area contributed by atoms with Gasteiger partial charge in [-0.05, 0) is 12.1 Å². The van der Waals surface area contributed by atoms with Crippen molar-refractivity contribution < 1.29 is 20.1 Å². The Hall–Kier alpha value is -2.90. The van der Waals surface area contributed by atoms with Crippen LogP contribution in [0.15, 0.2) is 23.0 Å². The Balaban J connectivity index is 2.10. The van der Waals surface area contributed by atoms with Gasteiger partial charge >= 0.3 is 0 Å². The summed E-state index contributed by atoms with van der Waals surface area (Å²) in [5.41, 5.74) is 0.139. The third-order valence-electron chi connectivity index (χ3n) is 2.42. The molecule has 1 amide bonds. The molecule has 0 fully saturated rings. The lowest BCUT2D eigenvalue weighted by Gasteiger charge is -2.06. The van der Waals surface area contributed by atoms with Gasteiger partial charge in [0.1, 0.15) is 0 Å². The molecule has 1 heterocycles.